The quantitative estimate of drug-likeness (QED) is 0.310. The van der Waals surface area contributed by atoms with Gasteiger partial charge in [-0.25, -0.2) is 8.78 Å². The van der Waals surface area contributed by atoms with Crippen molar-refractivity contribution in [3.8, 4) is 0 Å². The number of nitrogens with zero attached hydrogens (tertiary/aromatic N) is 2. The van der Waals surface area contributed by atoms with E-state index in [0.29, 0.717) is 37.0 Å². The molecule has 10 heteroatoms. The van der Waals surface area contributed by atoms with Crippen LogP contribution in [0.1, 0.15) is 12.2 Å². The van der Waals surface area contributed by atoms with Crippen molar-refractivity contribution >= 4 is 41.5 Å². The molecule has 1 saturated heterocycles. The summed E-state index contributed by atoms with van der Waals surface area (Å²) in [7, 11) is 1.61. The van der Waals surface area contributed by atoms with Gasteiger partial charge in [0.05, 0.1) is 25.0 Å². The van der Waals surface area contributed by atoms with Gasteiger partial charge >= 0.3 is 0 Å². The summed E-state index contributed by atoms with van der Waals surface area (Å²) in [6.45, 7) is 1.57. The highest BCUT2D eigenvalue weighted by Gasteiger charge is 2.25. The van der Waals surface area contributed by atoms with Gasteiger partial charge in [-0.1, -0.05) is 0 Å². The number of furan rings is 1. The van der Waals surface area contributed by atoms with E-state index in [9.17, 15) is 13.6 Å². The average Bonchev–Trinajstić information content (AvgIpc) is 3.35. The van der Waals surface area contributed by atoms with Gasteiger partial charge in [0.15, 0.2) is 5.96 Å². The van der Waals surface area contributed by atoms with Crippen LogP contribution in [0.15, 0.2) is 46.0 Å². The molecule has 1 aromatic carbocycles. The first-order valence-corrected chi connectivity index (χ1v) is 9.01. The Labute approximate surface area is 185 Å². The molecule has 2 heterocycles. The lowest BCUT2D eigenvalue weighted by Crippen LogP contribution is -2.47. The molecule has 1 atom stereocenters. The van der Waals surface area contributed by atoms with Crippen LogP contribution in [-0.4, -0.2) is 44.6 Å². The first kappa shape index (κ1) is 22.9. The lowest BCUT2D eigenvalue weighted by atomic mass is 10.2. The van der Waals surface area contributed by atoms with Crippen LogP contribution in [0.5, 0.6) is 0 Å². The van der Waals surface area contributed by atoms with Crippen molar-refractivity contribution in [2.75, 3.05) is 31.6 Å². The van der Waals surface area contributed by atoms with Crippen LogP contribution in [0, 0.1) is 11.6 Å². The number of aliphatic imine (C=N–C) groups is 1. The molecule has 29 heavy (non-hydrogen) atoms. The van der Waals surface area contributed by atoms with E-state index in [-0.39, 0.29) is 42.5 Å². The Bertz CT molecular complexity index is 832. The maximum absolute atomic E-state index is 14.0. The van der Waals surface area contributed by atoms with Crippen LogP contribution in [0.2, 0.25) is 0 Å². The molecule has 158 valence electrons. The number of halogens is 3. The summed E-state index contributed by atoms with van der Waals surface area (Å²) in [5.74, 6) is -0.197. The zero-order valence-corrected chi connectivity index (χ0v) is 18.3. The summed E-state index contributed by atoms with van der Waals surface area (Å²) in [6, 6.07) is 7.16. The Hall–Kier alpha value is -2.37. The normalized spacial score (nSPS) is 16.3. The van der Waals surface area contributed by atoms with Crippen molar-refractivity contribution in [2.24, 2.45) is 4.99 Å². The second-order valence-electron chi connectivity index (χ2n) is 6.45. The fourth-order valence-electron chi connectivity index (χ4n) is 3.05. The zero-order chi connectivity index (χ0) is 19.9. The Morgan fingerprint density at radius 2 is 2.14 bits per heavy atom. The predicted molar refractivity (Wildman–Crippen MR) is 117 cm³/mol. The molecular weight excluding hydrogens is 495 g/mol. The fourth-order valence-corrected chi connectivity index (χ4v) is 3.05. The molecule has 1 aliphatic rings. The minimum absolute atomic E-state index is 0. The van der Waals surface area contributed by atoms with Gasteiger partial charge < -0.3 is 25.3 Å². The molecule has 1 amide bonds. The van der Waals surface area contributed by atoms with Crippen molar-refractivity contribution < 1.29 is 18.0 Å². The van der Waals surface area contributed by atoms with E-state index < -0.39 is 11.6 Å². The molecule has 0 aliphatic carbocycles. The van der Waals surface area contributed by atoms with Crippen molar-refractivity contribution in [3.05, 3.63) is 54.0 Å². The van der Waals surface area contributed by atoms with Crippen molar-refractivity contribution in [3.63, 3.8) is 0 Å². The smallest absolute Gasteiger partial charge is 0.239 e. The first-order valence-electron chi connectivity index (χ1n) is 9.01. The summed E-state index contributed by atoms with van der Waals surface area (Å²) in [5, 5.41) is 8.92. The number of amides is 1. The maximum Gasteiger partial charge on any atom is 0.239 e. The topological polar surface area (TPSA) is 81.9 Å². The molecule has 1 unspecified atom stereocenters. The van der Waals surface area contributed by atoms with Gasteiger partial charge in [-0.3, -0.25) is 9.79 Å². The molecule has 0 radical (unpaired) electrons. The fraction of sp³-hybridized carbons (Fsp3) is 0.368. The molecular formula is C19H24F2IN5O2. The third kappa shape index (κ3) is 6.58. The van der Waals surface area contributed by atoms with Crippen LogP contribution in [0.3, 0.4) is 0 Å². The Morgan fingerprint density at radius 1 is 1.31 bits per heavy atom. The van der Waals surface area contributed by atoms with Gasteiger partial charge in [0.25, 0.3) is 0 Å². The maximum atomic E-state index is 14.0. The van der Waals surface area contributed by atoms with Crippen LogP contribution in [-0.2, 0) is 11.3 Å². The second kappa shape index (κ2) is 11.0. The van der Waals surface area contributed by atoms with Crippen LogP contribution < -0.4 is 20.9 Å². The van der Waals surface area contributed by atoms with E-state index in [4.69, 9.17) is 4.42 Å². The third-order valence-electron chi connectivity index (χ3n) is 4.46. The lowest BCUT2D eigenvalue weighted by Gasteiger charge is -2.20. The number of carbonyl (C=O) groups is 1. The number of hydrogen-bond acceptors (Lipinski definition) is 4. The number of rotatable bonds is 6. The molecule has 2 aromatic rings. The summed E-state index contributed by atoms with van der Waals surface area (Å²) in [6.07, 6.45) is 2.32. The Balaban J connectivity index is 0.00000300. The molecule has 0 bridgehead atoms. The highest BCUT2D eigenvalue weighted by atomic mass is 127. The number of carbonyl (C=O) groups excluding carboxylic acids is 1. The lowest BCUT2D eigenvalue weighted by molar-refractivity contribution is -0.120. The van der Waals surface area contributed by atoms with Gasteiger partial charge in [0.1, 0.15) is 17.4 Å². The SMILES string of the molecule is CN=C(NCC(=O)NCc1ccco1)NC1CCN(c2ccc(F)cc2F)C1.I. The number of nitrogens with one attached hydrogen (secondary N) is 3. The zero-order valence-electron chi connectivity index (χ0n) is 16.0. The second-order valence-corrected chi connectivity index (χ2v) is 6.45. The Morgan fingerprint density at radius 3 is 2.83 bits per heavy atom. The van der Waals surface area contributed by atoms with Gasteiger partial charge in [-0.2, -0.15) is 0 Å². The van der Waals surface area contributed by atoms with E-state index in [1.165, 1.54) is 12.1 Å². The van der Waals surface area contributed by atoms with E-state index in [1.807, 2.05) is 4.90 Å². The van der Waals surface area contributed by atoms with E-state index >= 15 is 0 Å². The van der Waals surface area contributed by atoms with Crippen LogP contribution in [0.25, 0.3) is 0 Å². The number of benzene rings is 1. The molecule has 7 nitrogen and oxygen atoms in total. The molecule has 3 rings (SSSR count). The van der Waals surface area contributed by atoms with E-state index in [1.54, 1.807) is 25.4 Å². The summed E-state index contributed by atoms with van der Waals surface area (Å²) >= 11 is 0. The molecule has 1 aromatic heterocycles. The minimum Gasteiger partial charge on any atom is -0.467 e. The number of guanidine groups is 1. The Kier molecular flexibility index (Phi) is 8.68. The van der Waals surface area contributed by atoms with Gasteiger partial charge in [-0.05, 0) is 30.7 Å². The molecule has 3 N–H and O–H groups in total. The predicted octanol–water partition coefficient (Wildman–Crippen LogP) is 2.24. The van der Waals surface area contributed by atoms with Crippen LogP contribution in [0.4, 0.5) is 14.5 Å². The largest absolute Gasteiger partial charge is 0.467 e. The molecule has 1 fully saturated rings. The van der Waals surface area contributed by atoms with Gasteiger partial charge in [0.2, 0.25) is 5.91 Å². The molecule has 1 aliphatic heterocycles. The summed E-state index contributed by atoms with van der Waals surface area (Å²) in [4.78, 5) is 17.9. The van der Waals surface area contributed by atoms with Gasteiger partial charge in [0, 0.05) is 32.2 Å². The average molecular weight is 519 g/mol. The monoisotopic (exact) mass is 519 g/mol. The highest BCUT2D eigenvalue weighted by molar-refractivity contribution is 14.0. The van der Waals surface area contributed by atoms with Crippen molar-refractivity contribution in [1.29, 1.82) is 0 Å². The van der Waals surface area contributed by atoms with E-state index in [2.05, 4.69) is 20.9 Å². The van der Waals surface area contributed by atoms with Crippen molar-refractivity contribution in [1.82, 2.24) is 16.0 Å². The highest BCUT2D eigenvalue weighted by Crippen LogP contribution is 2.24. The standard InChI is InChI=1S/C19H23F2N5O2.HI/c1-22-19(24-11-18(27)23-10-15-3-2-8-28-15)25-14-6-7-26(12-14)17-5-4-13(20)9-16(17)21;/h2-5,8-9,14H,6-7,10-12H2,1H3,(H,23,27)(H2,22,24,25);1H. The molecule has 0 saturated carbocycles. The van der Waals surface area contributed by atoms with E-state index in [0.717, 1.165) is 12.5 Å². The number of anilines is 1. The first-order chi connectivity index (χ1) is 13.5. The van der Waals surface area contributed by atoms with Crippen molar-refractivity contribution in [2.45, 2.75) is 19.0 Å². The van der Waals surface area contributed by atoms with Crippen LogP contribution >= 0.6 is 24.0 Å². The third-order valence-corrected chi connectivity index (χ3v) is 4.46. The summed E-state index contributed by atoms with van der Waals surface area (Å²) in [5.41, 5.74) is 0.381. The number of hydrogen-bond donors (Lipinski definition) is 3. The molecule has 0 spiro atoms. The van der Waals surface area contributed by atoms with Gasteiger partial charge in [-0.15, -0.1) is 24.0 Å². The summed E-state index contributed by atoms with van der Waals surface area (Å²) < 4.78 is 32.2. The minimum atomic E-state index is -0.593.